The average molecular weight is 492 g/mol. The number of halogens is 1. The Hall–Kier alpha value is -3.65. The van der Waals surface area contributed by atoms with Crippen LogP contribution in [0.25, 0.3) is 16.6 Å². The van der Waals surface area contributed by atoms with Gasteiger partial charge in [0.2, 0.25) is 5.91 Å². The lowest BCUT2D eigenvalue weighted by Gasteiger charge is -2.37. The van der Waals surface area contributed by atoms with Crippen LogP contribution < -0.4 is 16.2 Å². The number of likely N-dealkylation sites (tertiary alicyclic amines) is 1. The molecule has 0 spiro atoms. The molecule has 2 N–H and O–H groups in total. The lowest BCUT2D eigenvalue weighted by atomic mass is 9.98. The first-order valence-corrected chi connectivity index (χ1v) is 12.0. The lowest BCUT2D eigenvalue weighted by Crippen LogP contribution is -2.50. The van der Waals surface area contributed by atoms with Gasteiger partial charge in [-0.3, -0.25) is 19.0 Å². The van der Waals surface area contributed by atoms with E-state index in [9.17, 15) is 14.4 Å². The van der Waals surface area contributed by atoms with E-state index in [2.05, 4.69) is 29.1 Å². The van der Waals surface area contributed by atoms with Crippen molar-refractivity contribution in [2.45, 2.75) is 26.4 Å². The zero-order chi connectivity index (χ0) is 24.7. The topological polar surface area (TPSA) is 96.3 Å². The van der Waals surface area contributed by atoms with Crippen molar-refractivity contribution in [3.63, 3.8) is 0 Å². The molecule has 2 aliphatic rings. The van der Waals surface area contributed by atoms with Gasteiger partial charge in [0.15, 0.2) is 0 Å². The van der Waals surface area contributed by atoms with Gasteiger partial charge >= 0.3 is 0 Å². The molecule has 4 heterocycles. The Kier molecular flexibility index (Phi) is 6.06. The van der Waals surface area contributed by atoms with Crippen LogP contribution in [0, 0.1) is 5.92 Å². The number of hydrogen-bond acceptors (Lipinski definition) is 5. The molecular formula is C26H26ClN5O3. The molecule has 1 aromatic carbocycles. The fraction of sp³-hybridized carbons (Fsp3) is 0.308. The van der Waals surface area contributed by atoms with Crippen LogP contribution in [0.3, 0.4) is 0 Å². The molecule has 5 rings (SSSR count). The summed E-state index contributed by atoms with van der Waals surface area (Å²) in [5.41, 5.74) is 3.20. The van der Waals surface area contributed by atoms with E-state index in [1.165, 1.54) is 4.57 Å². The molecule has 1 fully saturated rings. The van der Waals surface area contributed by atoms with Crippen LogP contribution in [-0.4, -0.2) is 45.9 Å². The van der Waals surface area contributed by atoms with E-state index < -0.39 is 11.5 Å². The molecule has 9 heteroatoms. The van der Waals surface area contributed by atoms with Gasteiger partial charge < -0.3 is 15.5 Å². The number of nitrogens with one attached hydrogen (secondary N) is 2. The lowest BCUT2D eigenvalue weighted by molar-refractivity contribution is -0.137. The number of hydrogen-bond donors (Lipinski definition) is 2. The Balaban J connectivity index is 1.55. The van der Waals surface area contributed by atoms with Crippen molar-refractivity contribution < 1.29 is 9.59 Å². The summed E-state index contributed by atoms with van der Waals surface area (Å²) in [6, 6.07) is 8.67. The van der Waals surface area contributed by atoms with E-state index >= 15 is 0 Å². The number of pyridine rings is 2. The Morgan fingerprint density at radius 2 is 2.00 bits per heavy atom. The molecule has 2 aromatic heterocycles. The quantitative estimate of drug-likeness (QED) is 0.571. The molecule has 8 nitrogen and oxygen atoms in total. The second-order valence-electron chi connectivity index (χ2n) is 9.23. The van der Waals surface area contributed by atoms with Crippen molar-refractivity contribution in [2.24, 2.45) is 5.92 Å². The van der Waals surface area contributed by atoms with Crippen molar-refractivity contribution in [2.75, 3.05) is 25.0 Å². The van der Waals surface area contributed by atoms with Crippen molar-refractivity contribution >= 4 is 45.7 Å². The normalized spacial score (nSPS) is 15.4. The van der Waals surface area contributed by atoms with Crippen LogP contribution in [-0.2, 0) is 17.9 Å². The first-order chi connectivity index (χ1) is 16.8. The summed E-state index contributed by atoms with van der Waals surface area (Å²) in [5.74, 6) is -0.238. The van der Waals surface area contributed by atoms with E-state index in [-0.39, 0.29) is 24.6 Å². The number of aromatic nitrogens is 2. The van der Waals surface area contributed by atoms with Gasteiger partial charge in [-0.2, -0.15) is 0 Å². The molecule has 180 valence electrons. The van der Waals surface area contributed by atoms with E-state index in [0.717, 1.165) is 28.8 Å². The molecule has 0 atom stereocenters. The summed E-state index contributed by atoms with van der Waals surface area (Å²) in [4.78, 5) is 45.8. The Labute approximate surface area is 207 Å². The van der Waals surface area contributed by atoms with Crippen LogP contribution in [0.5, 0.6) is 0 Å². The monoisotopic (exact) mass is 491 g/mol. The van der Waals surface area contributed by atoms with E-state index in [0.29, 0.717) is 41.6 Å². The van der Waals surface area contributed by atoms with Gasteiger partial charge in [0.1, 0.15) is 17.8 Å². The Morgan fingerprint density at radius 1 is 1.26 bits per heavy atom. The molecule has 1 saturated heterocycles. The number of benzene rings is 1. The minimum atomic E-state index is -0.546. The van der Waals surface area contributed by atoms with Crippen molar-refractivity contribution in [3.05, 3.63) is 75.2 Å². The van der Waals surface area contributed by atoms with Crippen molar-refractivity contribution in [1.82, 2.24) is 19.8 Å². The third kappa shape index (κ3) is 4.41. The van der Waals surface area contributed by atoms with E-state index in [1.807, 2.05) is 12.1 Å². The molecule has 2 amide bonds. The number of fused-ring (bicyclic) bond motifs is 3. The highest BCUT2D eigenvalue weighted by molar-refractivity contribution is 6.30. The highest BCUT2D eigenvalue weighted by Crippen LogP contribution is 2.34. The van der Waals surface area contributed by atoms with Gasteiger partial charge in [-0.1, -0.05) is 37.2 Å². The average Bonchev–Trinajstić information content (AvgIpc) is 2.83. The van der Waals surface area contributed by atoms with Crippen molar-refractivity contribution in [3.8, 4) is 0 Å². The molecule has 0 radical (unpaired) electrons. The molecule has 0 saturated carbocycles. The SMILES string of the molecule is C=C1CCNc2c1cnc1c2cc(C(=O)NCc2ccc(Cl)cc2)c(=O)n1CC(=O)N1CC(C)C1. The van der Waals surface area contributed by atoms with Crippen LogP contribution >= 0.6 is 11.6 Å². The maximum atomic E-state index is 13.5. The summed E-state index contributed by atoms with van der Waals surface area (Å²) in [6.45, 7) is 8.28. The molecule has 0 unspecified atom stereocenters. The van der Waals surface area contributed by atoms with Crippen LogP contribution in [0.15, 0.2) is 47.9 Å². The Bertz CT molecular complexity index is 1410. The maximum absolute atomic E-state index is 13.5. The molecule has 35 heavy (non-hydrogen) atoms. The van der Waals surface area contributed by atoms with E-state index in [4.69, 9.17) is 11.6 Å². The zero-order valence-corrected chi connectivity index (χ0v) is 20.2. The fourth-order valence-electron chi connectivity index (χ4n) is 4.57. The third-order valence-electron chi connectivity index (χ3n) is 6.55. The minimum Gasteiger partial charge on any atom is -0.384 e. The van der Waals surface area contributed by atoms with Crippen molar-refractivity contribution in [1.29, 1.82) is 0 Å². The van der Waals surface area contributed by atoms with Crippen LogP contribution in [0.4, 0.5) is 5.69 Å². The number of carbonyl (C=O) groups excluding carboxylic acids is 2. The molecule has 0 bridgehead atoms. The van der Waals surface area contributed by atoms with E-state index in [1.54, 1.807) is 29.3 Å². The first-order valence-electron chi connectivity index (χ1n) is 11.6. The summed E-state index contributed by atoms with van der Waals surface area (Å²) in [7, 11) is 0. The van der Waals surface area contributed by atoms with Gasteiger partial charge in [0, 0.05) is 48.3 Å². The zero-order valence-electron chi connectivity index (χ0n) is 19.4. The Morgan fingerprint density at radius 3 is 2.71 bits per heavy atom. The summed E-state index contributed by atoms with van der Waals surface area (Å²) in [5, 5.41) is 7.39. The van der Waals surface area contributed by atoms with Crippen LogP contribution in [0.2, 0.25) is 5.02 Å². The summed E-state index contributed by atoms with van der Waals surface area (Å²) < 4.78 is 1.32. The van der Waals surface area contributed by atoms with Gasteiger partial charge in [-0.15, -0.1) is 0 Å². The predicted octanol–water partition coefficient (Wildman–Crippen LogP) is 3.29. The number of carbonyl (C=O) groups is 2. The second kappa shape index (κ2) is 9.19. The largest absolute Gasteiger partial charge is 0.384 e. The third-order valence-corrected chi connectivity index (χ3v) is 6.80. The minimum absolute atomic E-state index is 0.0376. The molecular weight excluding hydrogens is 466 g/mol. The molecule has 2 aliphatic heterocycles. The number of anilines is 1. The van der Waals surface area contributed by atoms with Gasteiger partial charge in [0.05, 0.1) is 5.69 Å². The van der Waals surface area contributed by atoms with Gasteiger partial charge in [-0.05, 0) is 41.7 Å². The first kappa shape index (κ1) is 23.1. The highest BCUT2D eigenvalue weighted by atomic mass is 35.5. The number of amides is 2. The summed E-state index contributed by atoms with van der Waals surface area (Å²) in [6.07, 6.45) is 2.46. The highest BCUT2D eigenvalue weighted by Gasteiger charge is 2.29. The van der Waals surface area contributed by atoms with Gasteiger partial charge in [-0.25, -0.2) is 4.98 Å². The van der Waals surface area contributed by atoms with Gasteiger partial charge in [0.25, 0.3) is 11.5 Å². The summed E-state index contributed by atoms with van der Waals surface area (Å²) >= 11 is 5.94. The number of nitrogens with zero attached hydrogens (tertiary/aromatic N) is 3. The molecule has 0 aliphatic carbocycles. The van der Waals surface area contributed by atoms with Crippen LogP contribution in [0.1, 0.15) is 34.8 Å². The fourth-order valence-corrected chi connectivity index (χ4v) is 4.70. The second-order valence-corrected chi connectivity index (χ2v) is 9.66. The smallest absolute Gasteiger partial charge is 0.265 e. The molecule has 3 aromatic rings. The number of rotatable bonds is 5. The maximum Gasteiger partial charge on any atom is 0.265 e. The standard InChI is InChI=1S/C26H26ClN5O3/c1-15-12-31(13-15)22(33)14-32-24-19(23-21(11-29-24)16(2)7-8-28-23)9-20(26(32)35)25(34)30-10-17-3-5-18(27)6-4-17/h3-6,9,11,15,28H,2,7-8,10,12-14H2,1H3,(H,30,34). The predicted molar refractivity (Wildman–Crippen MR) is 137 cm³/mol.